The number of likely N-dealkylation sites (N-methyl/N-ethyl adjacent to an activating group) is 1. The van der Waals surface area contributed by atoms with E-state index in [4.69, 9.17) is 4.74 Å². The van der Waals surface area contributed by atoms with Crippen molar-refractivity contribution in [1.82, 2.24) is 15.1 Å². The van der Waals surface area contributed by atoms with Gasteiger partial charge in [0.1, 0.15) is 6.04 Å². The highest BCUT2D eigenvalue weighted by Crippen LogP contribution is 2.14. The van der Waals surface area contributed by atoms with E-state index in [0.717, 1.165) is 26.2 Å². The molecule has 0 spiro atoms. The maximum Gasteiger partial charge on any atom is 0.324 e. The molecule has 0 aliphatic carbocycles. The Morgan fingerprint density at radius 3 is 2.47 bits per heavy atom. The van der Waals surface area contributed by atoms with E-state index in [1.165, 1.54) is 12.8 Å². The third kappa shape index (κ3) is 5.47. The monoisotopic (exact) mass is 271 g/mol. The van der Waals surface area contributed by atoms with Gasteiger partial charge in [0, 0.05) is 12.6 Å². The minimum Gasteiger partial charge on any atom is -0.465 e. The lowest BCUT2D eigenvalue weighted by molar-refractivity contribution is -0.146. The number of hydrogen-bond acceptors (Lipinski definition) is 5. The molecule has 1 aliphatic heterocycles. The maximum absolute atomic E-state index is 11.9. The van der Waals surface area contributed by atoms with E-state index in [1.54, 1.807) is 0 Å². The number of carbonyl (C=O) groups excluding carboxylic acids is 1. The molecule has 0 saturated carbocycles. The van der Waals surface area contributed by atoms with Crippen molar-refractivity contribution in [2.75, 3.05) is 46.9 Å². The SMILES string of the molecule is CCNC(CN1CCC(N(C)C)CC1)C(=O)OCC. The number of nitrogens with zero attached hydrogens (tertiary/aromatic N) is 2. The summed E-state index contributed by atoms with van der Waals surface area (Å²) in [5, 5.41) is 3.22. The Hall–Kier alpha value is -0.650. The molecule has 1 saturated heterocycles. The Bertz CT molecular complexity index is 263. The molecule has 1 fully saturated rings. The summed E-state index contributed by atoms with van der Waals surface area (Å²) in [7, 11) is 4.28. The zero-order chi connectivity index (χ0) is 14.3. The summed E-state index contributed by atoms with van der Waals surface area (Å²) >= 11 is 0. The fourth-order valence-electron chi connectivity index (χ4n) is 2.59. The first-order chi connectivity index (χ1) is 9.08. The summed E-state index contributed by atoms with van der Waals surface area (Å²) in [5.41, 5.74) is 0. The summed E-state index contributed by atoms with van der Waals surface area (Å²) < 4.78 is 5.12. The molecule has 0 aromatic heterocycles. The van der Waals surface area contributed by atoms with Gasteiger partial charge in [-0.15, -0.1) is 0 Å². The van der Waals surface area contributed by atoms with E-state index in [0.29, 0.717) is 12.6 Å². The molecule has 0 radical (unpaired) electrons. The molecule has 1 aliphatic rings. The van der Waals surface area contributed by atoms with Gasteiger partial charge >= 0.3 is 5.97 Å². The van der Waals surface area contributed by atoms with E-state index >= 15 is 0 Å². The van der Waals surface area contributed by atoms with Gasteiger partial charge in [-0.05, 0) is 53.5 Å². The van der Waals surface area contributed by atoms with E-state index in [-0.39, 0.29) is 12.0 Å². The summed E-state index contributed by atoms with van der Waals surface area (Å²) in [5.74, 6) is -0.126. The van der Waals surface area contributed by atoms with E-state index in [1.807, 2.05) is 13.8 Å². The van der Waals surface area contributed by atoms with Crippen molar-refractivity contribution >= 4 is 5.97 Å². The van der Waals surface area contributed by atoms with Crippen molar-refractivity contribution in [1.29, 1.82) is 0 Å². The van der Waals surface area contributed by atoms with E-state index in [2.05, 4.69) is 29.2 Å². The van der Waals surface area contributed by atoms with Crippen molar-refractivity contribution in [2.45, 2.75) is 38.8 Å². The Labute approximate surface area is 117 Å². The molecule has 1 atom stereocenters. The van der Waals surface area contributed by atoms with E-state index < -0.39 is 0 Å². The Morgan fingerprint density at radius 2 is 2.00 bits per heavy atom. The number of esters is 1. The van der Waals surface area contributed by atoms with Crippen LogP contribution in [0.4, 0.5) is 0 Å². The molecule has 1 rings (SSSR count). The number of likely N-dealkylation sites (tertiary alicyclic amines) is 1. The Morgan fingerprint density at radius 1 is 1.37 bits per heavy atom. The minimum absolute atomic E-state index is 0.126. The van der Waals surface area contributed by atoms with Crippen LogP contribution in [0.3, 0.4) is 0 Å². The number of piperidine rings is 1. The van der Waals surface area contributed by atoms with E-state index in [9.17, 15) is 4.79 Å². The van der Waals surface area contributed by atoms with Gasteiger partial charge in [0.25, 0.3) is 0 Å². The standard InChI is InChI=1S/C14H29N3O2/c1-5-15-13(14(18)19-6-2)11-17-9-7-12(8-10-17)16(3)4/h12-13,15H,5-11H2,1-4H3. The van der Waals surface area contributed by atoms with Crippen molar-refractivity contribution in [3.8, 4) is 0 Å². The topological polar surface area (TPSA) is 44.8 Å². The van der Waals surface area contributed by atoms with Crippen molar-refractivity contribution < 1.29 is 9.53 Å². The zero-order valence-corrected chi connectivity index (χ0v) is 12.8. The Kier molecular flexibility index (Phi) is 7.34. The average Bonchev–Trinajstić information content (AvgIpc) is 2.39. The largest absolute Gasteiger partial charge is 0.465 e. The van der Waals surface area contributed by atoms with Crippen LogP contribution in [-0.2, 0) is 9.53 Å². The molecular weight excluding hydrogens is 242 g/mol. The van der Waals surface area contributed by atoms with Crippen LogP contribution in [0, 0.1) is 0 Å². The molecule has 1 heterocycles. The molecule has 5 nitrogen and oxygen atoms in total. The molecule has 1 unspecified atom stereocenters. The molecule has 0 aromatic rings. The molecule has 0 amide bonds. The minimum atomic E-state index is -0.194. The zero-order valence-electron chi connectivity index (χ0n) is 12.8. The molecule has 0 bridgehead atoms. The normalized spacial score (nSPS) is 19.6. The molecule has 5 heteroatoms. The van der Waals surface area contributed by atoms with Gasteiger partial charge < -0.3 is 19.9 Å². The molecule has 0 aromatic carbocycles. The highest BCUT2D eigenvalue weighted by atomic mass is 16.5. The van der Waals surface area contributed by atoms with Gasteiger partial charge in [0.2, 0.25) is 0 Å². The van der Waals surface area contributed by atoms with Crippen molar-refractivity contribution in [3.05, 3.63) is 0 Å². The molecule has 1 N–H and O–H groups in total. The molecular formula is C14H29N3O2. The first-order valence-electron chi connectivity index (χ1n) is 7.37. The summed E-state index contributed by atoms with van der Waals surface area (Å²) in [6, 6.07) is 0.484. The third-order valence-corrected chi connectivity index (χ3v) is 3.75. The predicted molar refractivity (Wildman–Crippen MR) is 77.2 cm³/mol. The first-order valence-corrected chi connectivity index (χ1v) is 7.37. The third-order valence-electron chi connectivity index (χ3n) is 3.75. The van der Waals surface area contributed by atoms with Gasteiger partial charge in [0.15, 0.2) is 0 Å². The number of ether oxygens (including phenoxy) is 1. The van der Waals surface area contributed by atoms with Gasteiger partial charge in [0.05, 0.1) is 6.61 Å². The average molecular weight is 271 g/mol. The number of carbonyl (C=O) groups is 1. The van der Waals surface area contributed by atoms with Crippen LogP contribution >= 0.6 is 0 Å². The molecule has 112 valence electrons. The van der Waals surface area contributed by atoms with Crippen LogP contribution in [0.2, 0.25) is 0 Å². The highest BCUT2D eigenvalue weighted by molar-refractivity contribution is 5.76. The lowest BCUT2D eigenvalue weighted by Crippen LogP contribution is -2.50. The predicted octanol–water partition coefficient (Wildman–Crippen LogP) is 0.554. The van der Waals surface area contributed by atoms with Crippen molar-refractivity contribution in [3.63, 3.8) is 0 Å². The van der Waals surface area contributed by atoms with Crippen LogP contribution in [0.15, 0.2) is 0 Å². The first kappa shape index (κ1) is 16.4. The fraction of sp³-hybridized carbons (Fsp3) is 0.929. The summed E-state index contributed by atoms with van der Waals surface area (Å²) in [4.78, 5) is 16.5. The summed E-state index contributed by atoms with van der Waals surface area (Å²) in [6.07, 6.45) is 2.35. The smallest absolute Gasteiger partial charge is 0.324 e. The second-order valence-electron chi connectivity index (χ2n) is 5.36. The van der Waals surface area contributed by atoms with Crippen LogP contribution < -0.4 is 5.32 Å². The molecule has 19 heavy (non-hydrogen) atoms. The number of rotatable bonds is 7. The van der Waals surface area contributed by atoms with Crippen molar-refractivity contribution in [2.24, 2.45) is 0 Å². The quantitative estimate of drug-likeness (QED) is 0.685. The van der Waals surface area contributed by atoms with Crippen LogP contribution in [0.1, 0.15) is 26.7 Å². The lowest BCUT2D eigenvalue weighted by Gasteiger charge is -2.36. The summed E-state index contributed by atoms with van der Waals surface area (Å²) in [6.45, 7) is 7.98. The fourth-order valence-corrected chi connectivity index (χ4v) is 2.59. The lowest BCUT2D eigenvalue weighted by atomic mass is 10.0. The van der Waals surface area contributed by atoms with Crippen LogP contribution in [-0.4, -0.2) is 74.7 Å². The van der Waals surface area contributed by atoms with Crippen LogP contribution in [0.5, 0.6) is 0 Å². The number of nitrogens with one attached hydrogen (secondary N) is 1. The second kappa shape index (κ2) is 8.51. The van der Waals surface area contributed by atoms with Gasteiger partial charge in [-0.1, -0.05) is 6.92 Å². The van der Waals surface area contributed by atoms with Crippen LogP contribution in [0.25, 0.3) is 0 Å². The Balaban J connectivity index is 2.41. The second-order valence-corrected chi connectivity index (χ2v) is 5.36. The number of hydrogen-bond donors (Lipinski definition) is 1. The van der Waals surface area contributed by atoms with Gasteiger partial charge in [-0.3, -0.25) is 4.79 Å². The maximum atomic E-state index is 11.9. The highest BCUT2D eigenvalue weighted by Gasteiger charge is 2.26. The van der Waals surface area contributed by atoms with Gasteiger partial charge in [-0.2, -0.15) is 0 Å². The van der Waals surface area contributed by atoms with Gasteiger partial charge in [-0.25, -0.2) is 0 Å².